The Labute approximate surface area is 120 Å². The van der Waals surface area contributed by atoms with E-state index in [9.17, 15) is 8.42 Å². The number of hydrogen-bond acceptors (Lipinski definition) is 4. The van der Waals surface area contributed by atoms with Gasteiger partial charge in [0.15, 0.2) is 0 Å². The zero-order valence-corrected chi connectivity index (χ0v) is 12.9. The lowest BCUT2D eigenvalue weighted by atomic mass is 10.2. The number of halogens is 1. The first-order valence-corrected chi connectivity index (χ1v) is 7.76. The van der Waals surface area contributed by atoms with Crippen molar-refractivity contribution in [2.24, 2.45) is 0 Å². The molecular weight excluding hydrogens is 332 g/mol. The van der Waals surface area contributed by atoms with Gasteiger partial charge in [0.1, 0.15) is 6.26 Å². The van der Waals surface area contributed by atoms with Crippen LogP contribution in [0.3, 0.4) is 0 Å². The van der Waals surface area contributed by atoms with Crippen molar-refractivity contribution in [3.8, 4) is 0 Å². The highest BCUT2D eigenvalue weighted by Gasteiger charge is 2.23. The van der Waals surface area contributed by atoms with Gasteiger partial charge in [-0.25, -0.2) is 8.42 Å². The molecule has 0 atom stereocenters. The maximum absolute atomic E-state index is 12.5. The van der Waals surface area contributed by atoms with E-state index in [2.05, 4.69) is 21.1 Å². The molecule has 1 heterocycles. The molecule has 0 aliphatic heterocycles. The highest BCUT2D eigenvalue weighted by molar-refractivity contribution is 9.10. The van der Waals surface area contributed by atoms with Crippen molar-refractivity contribution in [3.63, 3.8) is 0 Å². The summed E-state index contributed by atoms with van der Waals surface area (Å²) >= 11 is 3.29. The van der Waals surface area contributed by atoms with Crippen LogP contribution in [0.5, 0.6) is 0 Å². The van der Waals surface area contributed by atoms with Crippen LogP contribution in [0.1, 0.15) is 11.3 Å². The summed E-state index contributed by atoms with van der Waals surface area (Å²) in [6, 6.07) is 6.82. The van der Waals surface area contributed by atoms with E-state index in [1.165, 1.54) is 17.6 Å². The zero-order chi connectivity index (χ0) is 14.0. The van der Waals surface area contributed by atoms with Crippen molar-refractivity contribution in [3.05, 3.63) is 46.3 Å². The first-order chi connectivity index (χ1) is 8.91. The molecule has 102 valence electrons. The van der Waals surface area contributed by atoms with Gasteiger partial charge in [0.2, 0.25) is 10.0 Å². The van der Waals surface area contributed by atoms with Crippen LogP contribution in [0.25, 0.3) is 0 Å². The van der Waals surface area contributed by atoms with E-state index < -0.39 is 10.0 Å². The Balaban J connectivity index is 2.33. The third-order valence-electron chi connectivity index (χ3n) is 2.71. The molecule has 0 amide bonds. The number of benzene rings is 1. The van der Waals surface area contributed by atoms with Gasteiger partial charge in [-0.05, 0) is 24.6 Å². The monoisotopic (exact) mass is 344 g/mol. The highest BCUT2D eigenvalue weighted by Crippen LogP contribution is 2.23. The second-order valence-corrected chi connectivity index (χ2v) is 7.09. The van der Waals surface area contributed by atoms with Gasteiger partial charge in [-0.1, -0.05) is 27.2 Å². The van der Waals surface area contributed by atoms with E-state index in [1.807, 2.05) is 6.07 Å². The molecule has 0 aliphatic carbocycles. The lowest BCUT2D eigenvalue weighted by Crippen LogP contribution is -2.27. The molecule has 19 heavy (non-hydrogen) atoms. The van der Waals surface area contributed by atoms with Crippen molar-refractivity contribution in [1.29, 1.82) is 0 Å². The Hall–Kier alpha value is -1.18. The lowest BCUT2D eigenvalue weighted by molar-refractivity contribution is 0.394. The molecule has 2 rings (SSSR count). The van der Waals surface area contributed by atoms with Gasteiger partial charge in [0.05, 0.1) is 17.1 Å². The first kappa shape index (κ1) is 14.2. The van der Waals surface area contributed by atoms with E-state index in [1.54, 1.807) is 25.1 Å². The zero-order valence-electron chi connectivity index (χ0n) is 10.5. The van der Waals surface area contributed by atoms with Crippen molar-refractivity contribution in [2.75, 3.05) is 7.05 Å². The molecule has 5 nitrogen and oxygen atoms in total. The first-order valence-electron chi connectivity index (χ1n) is 5.53. The fourth-order valence-electron chi connectivity index (χ4n) is 1.65. The van der Waals surface area contributed by atoms with Crippen molar-refractivity contribution in [2.45, 2.75) is 18.4 Å². The molecule has 0 radical (unpaired) electrons. The number of nitrogens with zero attached hydrogens (tertiary/aromatic N) is 2. The average Bonchev–Trinajstić information content (AvgIpc) is 2.85. The van der Waals surface area contributed by atoms with Crippen LogP contribution in [0.15, 0.2) is 44.4 Å². The van der Waals surface area contributed by atoms with E-state index in [-0.39, 0.29) is 11.4 Å². The fourth-order valence-corrected chi connectivity index (χ4v) is 3.55. The Morgan fingerprint density at radius 2 is 2.11 bits per heavy atom. The molecule has 0 unspecified atom stereocenters. The van der Waals surface area contributed by atoms with Gasteiger partial charge in [0.25, 0.3) is 0 Å². The van der Waals surface area contributed by atoms with Crippen LogP contribution in [0.2, 0.25) is 0 Å². The van der Waals surface area contributed by atoms with Crippen LogP contribution >= 0.6 is 15.9 Å². The minimum Gasteiger partial charge on any atom is -0.364 e. The third kappa shape index (κ3) is 3.05. The molecule has 0 saturated heterocycles. The number of rotatable bonds is 4. The average molecular weight is 345 g/mol. The Bertz CT molecular complexity index is 668. The molecular formula is C12H13BrN2O3S. The van der Waals surface area contributed by atoms with E-state index in [4.69, 9.17) is 4.52 Å². The maximum atomic E-state index is 12.5. The summed E-state index contributed by atoms with van der Waals surface area (Å²) in [5.41, 5.74) is 1.27. The highest BCUT2D eigenvalue weighted by atomic mass is 79.9. The van der Waals surface area contributed by atoms with Crippen LogP contribution in [0.4, 0.5) is 0 Å². The van der Waals surface area contributed by atoms with Crippen molar-refractivity contribution < 1.29 is 12.9 Å². The summed E-state index contributed by atoms with van der Waals surface area (Å²) in [7, 11) is -2.03. The Morgan fingerprint density at radius 3 is 2.74 bits per heavy atom. The third-order valence-corrected chi connectivity index (χ3v) is 5.15. The van der Waals surface area contributed by atoms with Crippen LogP contribution in [-0.2, 0) is 16.6 Å². The standard InChI is InChI=1S/C12H13BrN2O3S/c1-9-3-4-10(13)7-12(9)19(16,17)15(2)8-11-5-6-18-14-11/h3-7H,8H2,1-2H3. The lowest BCUT2D eigenvalue weighted by Gasteiger charge is -2.17. The van der Waals surface area contributed by atoms with Gasteiger partial charge in [0, 0.05) is 17.6 Å². The van der Waals surface area contributed by atoms with Gasteiger partial charge < -0.3 is 4.52 Å². The molecule has 0 bridgehead atoms. The predicted octanol–water partition coefficient (Wildman–Crippen LogP) is 2.57. The maximum Gasteiger partial charge on any atom is 0.243 e. The number of aryl methyl sites for hydroxylation is 1. The minimum atomic E-state index is -3.55. The van der Waals surface area contributed by atoms with Gasteiger partial charge in [-0.3, -0.25) is 0 Å². The predicted molar refractivity (Wildman–Crippen MR) is 74.0 cm³/mol. The molecule has 0 aliphatic rings. The van der Waals surface area contributed by atoms with E-state index in [0.29, 0.717) is 11.3 Å². The quantitative estimate of drug-likeness (QED) is 0.854. The molecule has 0 N–H and O–H groups in total. The van der Waals surface area contributed by atoms with Crippen LogP contribution in [-0.4, -0.2) is 24.9 Å². The summed E-state index contributed by atoms with van der Waals surface area (Å²) < 4.78 is 31.6. The fraction of sp³-hybridized carbons (Fsp3) is 0.250. The second-order valence-electron chi connectivity index (χ2n) is 4.16. The van der Waals surface area contributed by atoms with Crippen molar-refractivity contribution in [1.82, 2.24) is 9.46 Å². The van der Waals surface area contributed by atoms with Gasteiger partial charge in [-0.2, -0.15) is 4.31 Å². The summed E-state index contributed by atoms with van der Waals surface area (Å²) in [5.74, 6) is 0. The molecule has 0 fully saturated rings. The molecule has 1 aromatic heterocycles. The summed E-state index contributed by atoms with van der Waals surface area (Å²) in [6.07, 6.45) is 1.42. The topological polar surface area (TPSA) is 63.4 Å². The second kappa shape index (κ2) is 5.44. The number of sulfonamides is 1. The number of hydrogen-bond donors (Lipinski definition) is 0. The Morgan fingerprint density at radius 1 is 1.37 bits per heavy atom. The molecule has 1 aromatic carbocycles. The van der Waals surface area contributed by atoms with E-state index in [0.717, 1.165) is 4.47 Å². The SMILES string of the molecule is Cc1ccc(Br)cc1S(=O)(=O)N(C)Cc1ccon1. The number of aromatic nitrogens is 1. The summed E-state index contributed by atoms with van der Waals surface area (Å²) in [6.45, 7) is 1.94. The largest absolute Gasteiger partial charge is 0.364 e. The molecule has 7 heteroatoms. The van der Waals surface area contributed by atoms with Gasteiger partial charge in [-0.15, -0.1) is 0 Å². The summed E-state index contributed by atoms with van der Waals surface area (Å²) in [4.78, 5) is 0.285. The molecule has 0 saturated carbocycles. The van der Waals surface area contributed by atoms with E-state index >= 15 is 0 Å². The molecule has 2 aromatic rings. The minimum absolute atomic E-state index is 0.171. The Kier molecular flexibility index (Phi) is 4.07. The normalized spacial score (nSPS) is 12.0. The van der Waals surface area contributed by atoms with Crippen LogP contribution in [0, 0.1) is 6.92 Å². The molecule has 0 spiro atoms. The van der Waals surface area contributed by atoms with Crippen molar-refractivity contribution >= 4 is 26.0 Å². The van der Waals surface area contributed by atoms with Gasteiger partial charge >= 0.3 is 0 Å². The summed E-state index contributed by atoms with van der Waals surface area (Å²) in [5, 5.41) is 3.71. The smallest absolute Gasteiger partial charge is 0.243 e. The van der Waals surface area contributed by atoms with Crippen LogP contribution < -0.4 is 0 Å².